The van der Waals surface area contributed by atoms with Crippen molar-refractivity contribution in [3.05, 3.63) is 30.1 Å². The molecule has 1 saturated carbocycles. The van der Waals surface area contributed by atoms with Gasteiger partial charge in [0.25, 0.3) is 0 Å². The quantitative estimate of drug-likeness (QED) is 0.849. The zero-order valence-corrected chi connectivity index (χ0v) is 10.7. The largest absolute Gasteiger partial charge is 0.352 e. The van der Waals surface area contributed by atoms with Crippen LogP contribution in [0.15, 0.2) is 24.5 Å². The van der Waals surface area contributed by atoms with Gasteiger partial charge < -0.3 is 11.1 Å². The zero-order chi connectivity index (χ0) is 12.8. The molecule has 0 unspecified atom stereocenters. The molecule has 1 aromatic heterocycles. The lowest BCUT2D eigenvalue weighted by molar-refractivity contribution is -0.132. The number of amides is 1. The summed E-state index contributed by atoms with van der Waals surface area (Å²) in [5.41, 5.74) is 6.58. The van der Waals surface area contributed by atoms with Crippen molar-refractivity contribution in [1.82, 2.24) is 10.3 Å². The molecule has 0 aliphatic heterocycles. The molecule has 1 heterocycles. The highest BCUT2D eigenvalue weighted by molar-refractivity contribution is 5.83. The molecule has 0 bridgehead atoms. The monoisotopic (exact) mass is 247 g/mol. The Balaban J connectivity index is 1.94. The van der Waals surface area contributed by atoms with E-state index in [2.05, 4.69) is 10.3 Å². The molecule has 1 fully saturated rings. The number of nitrogens with two attached hydrogens (primary N) is 1. The van der Waals surface area contributed by atoms with Gasteiger partial charge in [-0.05, 0) is 30.5 Å². The second-order valence-electron chi connectivity index (χ2n) is 5.08. The molecule has 1 amide bonds. The Labute approximate surface area is 108 Å². The summed E-state index contributed by atoms with van der Waals surface area (Å²) in [5, 5.41) is 3.01. The number of hydrogen-bond acceptors (Lipinski definition) is 3. The van der Waals surface area contributed by atoms with E-state index in [0.29, 0.717) is 13.1 Å². The van der Waals surface area contributed by atoms with Crippen molar-refractivity contribution in [2.75, 3.05) is 6.54 Å². The summed E-state index contributed by atoms with van der Waals surface area (Å²) < 4.78 is 0. The molecule has 1 aromatic rings. The number of carbonyl (C=O) groups excluding carboxylic acids is 1. The Bertz CT molecular complexity index is 385. The van der Waals surface area contributed by atoms with Gasteiger partial charge in [0.05, 0.1) is 5.41 Å². The number of hydrogen-bond donors (Lipinski definition) is 2. The van der Waals surface area contributed by atoms with E-state index in [1.165, 1.54) is 6.42 Å². The van der Waals surface area contributed by atoms with Crippen LogP contribution in [-0.4, -0.2) is 17.4 Å². The summed E-state index contributed by atoms with van der Waals surface area (Å²) in [6.45, 7) is 1.01. The normalized spacial score (nSPS) is 18.3. The molecule has 18 heavy (non-hydrogen) atoms. The third kappa shape index (κ3) is 2.88. The van der Waals surface area contributed by atoms with Gasteiger partial charge in [-0.3, -0.25) is 9.78 Å². The Morgan fingerprint density at radius 2 is 1.94 bits per heavy atom. The first-order valence-electron chi connectivity index (χ1n) is 6.64. The number of rotatable bonds is 4. The van der Waals surface area contributed by atoms with Crippen LogP contribution in [0.2, 0.25) is 0 Å². The average Bonchev–Trinajstić information content (AvgIpc) is 2.46. The molecule has 4 heteroatoms. The first-order valence-corrected chi connectivity index (χ1v) is 6.64. The molecule has 0 aromatic carbocycles. The van der Waals surface area contributed by atoms with Crippen LogP contribution in [0.1, 0.15) is 37.7 Å². The molecule has 1 aliphatic carbocycles. The van der Waals surface area contributed by atoms with Crippen molar-refractivity contribution in [3.63, 3.8) is 0 Å². The molecule has 2 rings (SSSR count). The highest BCUT2D eigenvalue weighted by Crippen LogP contribution is 2.35. The second kappa shape index (κ2) is 5.96. The predicted molar refractivity (Wildman–Crippen MR) is 70.7 cm³/mol. The van der Waals surface area contributed by atoms with Crippen LogP contribution in [0, 0.1) is 5.41 Å². The lowest BCUT2D eigenvalue weighted by Crippen LogP contribution is -2.46. The van der Waals surface area contributed by atoms with E-state index >= 15 is 0 Å². The summed E-state index contributed by atoms with van der Waals surface area (Å²) in [6.07, 6.45) is 8.76. The molecular weight excluding hydrogens is 226 g/mol. The van der Waals surface area contributed by atoms with Crippen molar-refractivity contribution in [1.29, 1.82) is 0 Å². The Kier molecular flexibility index (Phi) is 4.31. The van der Waals surface area contributed by atoms with E-state index in [4.69, 9.17) is 5.73 Å². The Morgan fingerprint density at radius 3 is 2.56 bits per heavy atom. The number of carbonyl (C=O) groups is 1. The molecule has 0 radical (unpaired) electrons. The van der Waals surface area contributed by atoms with Gasteiger partial charge >= 0.3 is 0 Å². The van der Waals surface area contributed by atoms with E-state index in [0.717, 1.165) is 31.2 Å². The van der Waals surface area contributed by atoms with E-state index in [1.807, 2.05) is 12.1 Å². The molecule has 98 valence electrons. The summed E-state index contributed by atoms with van der Waals surface area (Å²) in [4.78, 5) is 16.3. The molecule has 0 spiro atoms. The first kappa shape index (κ1) is 13.0. The Hall–Kier alpha value is -1.42. The van der Waals surface area contributed by atoms with Crippen LogP contribution in [0.4, 0.5) is 0 Å². The topological polar surface area (TPSA) is 68.0 Å². The SMILES string of the molecule is NCC1(C(=O)NCc2ccncc2)CCCCC1. The summed E-state index contributed by atoms with van der Waals surface area (Å²) >= 11 is 0. The first-order chi connectivity index (χ1) is 8.77. The van der Waals surface area contributed by atoms with E-state index in [-0.39, 0.29) is 11.3 Å². The van der Waals surface area contributed by atoms with Crippen LogP contribution in [-0.2, 0) is 11.3 Å². The highest BCUT2D eigenvalue weighted by Gasteiger charge is 2.37. The van der Waals surface area contributed by atoms with Gasteiger partial charge in [-0.15, -0.1) is 0 Å². The van der Waals surface area contributed by atoms with Crippen LogP contribution in [0.3, 0.4) is 0 Å². The standard InChI is InChI=1S/C14H21N3O/c15-11-14(6-2-1-3-7-14)13(18)17-10-12-4-8-16-9-5-12/h4-5,8-9H,1-3,6-7,10-11,15H2,(H,17,18). The maximum atomic E-state index is 12.3. The molecule has 0 atom stereocenters. The maximum Gasteiger partial charge on any atom is 0.227 e. The zero-order valence-electron chi connectivity index (χ0n) is 10.7. The fourth-order valence-corrected chi connectivity index (χ4v) is 2.62. The van der Waals surface area contributed by atoms with E-state index < -0.39 is 0 Å². The fraction of sp³-hybridized carbons (Fsp3) is 0.571. The minimum Gasteiger partial charge on any atom is -0.352 e. The predicted octanol–water partition coefficient (Wildman–Crippen LogP) is 1.61. The maximum absolute atomic E-state index is 12.3. The van der Waals surface area contributed by atoms with Gasteiger partial charge in [0.1, 0.15) is 0 Å². The second-order valence-corrected chi connectivity index (χ2v) is 5.08. The minimum atomic E-state index is -0.328. The summed E-state index contributed by atoms with van der Waals surface area (Å²) in [5.74, 6) is 0.113. The van der Waals surface area contributed by atoms with E-state index in [1.54, 1.807) is 12.4 Å². The van der Waals surface area contributed by atoms with Gasteiger partial charge in [0.15, 0.2) is 0 Å². The third-order valence-corrected chi connectivity index (χ3v) is 3.89. The van der Waals surface area contributed by atoms with Gasteiger partial charge in [-0.25, -0.2) is 0 Å². The average molecular weight is 247 g/mol. The van der Waals surface area contributed by atoms with Crippen molar-refractivity contribution >= 4 is 5.91 Å². The van der Waals surface area contributed by atoms with Crippen molar-refractivity contribution in [2.24, 2.45) is 11.1 Å². The number of nitrogens with zero attached hydrogens (tertiary/aromatic N) is 1. The lowest BCUT2D eigenvalue weighted by atomic mass is 9.73. The minimum absolute atomic E-state index is 0.113. The summed E-state index contributed by atoms with van der Waals surface area (Å²) in [6, 6.07) is 3.83. The van der Waals surface area contributed by atoms with Crippen molar-refractivity contribution < 1.29 is 4.79 Å². The number of nitrogens with one attached hydrogen (secondary N) is 1. The van der Waals surface area contributed by atoms with Crippen LogP contribution in [0.5, 0.6) is 0 Å². The fourth-order valence-electron chi connectivity index (χ4n) is 2.62. The smallest absolute Gasteiger partial charge is 0.227 e. The lowest BCUT2D eigenvalue weighted by Gasteiger charge is -2.34. The van der Waals surface area contributed by atoms with Gasteiger partial charge in [-0.1, -0.05) is 19.3 Å². The number of pyridine rings is 1. The van der Waals surface area contributed by atoms with Crippen molar-refractivity contribution in [3.8, 4) is 0 Å². The molecule has 1 aliphatic rings. The van der Waals surface area contributed by atoms with Crippen molar-refractivity contribution in [2.45, 2.75) is 38.6 Å². The molecule has 4 nitrogen and oxygen atoms in total. The highest BCUT2D eigenvalue weighted by atomic mass is 16.2. The molecular formula is C14H21N3O. The molecule has 3 N–H and O–H groups in total. The van der Waals surface area contributed by atoms with Gasteiger partial charge in [0.2, 0.25) is 5.91 Å². The van der Waals surface area contributed by atoms with E-state index in [9.17, 15) is 4.79 Å². The Morgan fingerprint density at radius 1 is 1.28 bits per heavy atom. The van der Waals surface area contributed by atoms with Crippen LogP contribution < -0.4 is 11.1 Å². The van der Waals surface area contributed by atoms with Crippen LogP contribution >= 0.6 is 0 Å². The van der Waals surface area contributed by atoms with Crippen LogP contribution in [0.25, 0.3) is 0 Å². The van der Waals surface area contributed by atoms with Gasteiger partial charge in [0, 0.05) is 25.5 Å². The number of aromatic nitrogens is 1. The summed E-state index contributed by atoms with van der Waals surface area (Å²) in [7, 11) is 0. The van der Waals surface area contributed by atoms with Gasteiger partial charge in [-0.2, -0.15) is 0 Å². The molecule has 0 saturated heterocycles. The third-order valence-electron chi connectivity index (χ3n) is 3.89.